The second kappa shape index (κ2) is 7.54. The fourth-order valence-corrected chi connectivity index (χ4v) is 2.43. The molecule has 1 aliphatic carbocycles. The minimum atomic E-state index is -0.0852. The molecule has 1 atom stereocenters. The first-order chi connectivity index (χ1) is 8.13. The summed E-state index contributed by atoms with van der Waals surface area (Å²) in [6, 6.07) is 0.141. The Morgan fingerprint density at radius 1 is 1.47 bits per heavy atom. The van der Waals surface area contributed by atoms with E-state index >= 15 is 0 Å². The van der Waals surface area contributed by atoms with Crippen LogP contribution in [0.5, 0.6) is 0 Å². The molecule has 0 aromatic rings. The molecule has 0 radical (unpaired) electrons. The van der Waals surface area contributed by atoms with Crippen LogP contribution in [-0.4, -0.2) is 42.3 Å². The van der Waals surface area contributed by atoms with E-state index in [4.69, 9.17) is 5.11 Å². The van der Waals surface area contributed by atoms with Gasteiger partial charge in [0.25, 0.3) is 0 Å². The van der Waals surface area contributed by atoms with Gasteiger partial charge in [0.15, 0.2) is 0 Å². The number of amides is 2. The van der Waals surface area contributed by atoms with E-state index in [1.165, 1.54) is 37.0 Å². The van der Waals surface area contributed by atoms with Crippen molar-refractivity contribution >= 4 is 6.03 Å². The first-order valence-electron chi connectivity index (χ1n) is 6.76. The maximum Gasteiger partial charge on any atom is 0.317 e. The summed E-state index contributed by atoms with van der Waals surface area (Å²) in [5.74, 6) is 0.879. The molecule has 100 valence electrons. The highest BCUT2D eigenvalue weighted by Gasteiger charge is 2.17. The molecule has 17 heavy (non-hydrogen) atoms. The third kappa shape index (κ3) is 5.39. The molecule has 0 bridgehead atoms. The van der Waals surface area contributed by atoms with E-state index < -0.39 is 0 Å². The highest BCUT2D eigenvalue weighted by molar-refractivity contribution is 5.74. The molecule has 0 aromatic heterocycles. The topological polar surface area (TPSA) is 52.6 Å². The lowest BCUT2D eigenvalue weighted by Crippen LogP contribution is -2.43. The Hall–Kier alpha value is -0.770. The second-order valence-corrected chi connectivity index (χ2v) is 5.22. The molecule has 1 saturated carbocycles. The fraction of sp³-hybridized carbons (Fsp3) is 0.923. The van der Waals surface area contributed by atoms with E-state index in [1.54, 1.807) is 7.05 Å². The Kier molecular flexibility index (Phi) is 6.34. The van der Waals surface area contributed by atoms with Crippen LogP contribution in [0.1, 0.15) is 45.4 Å². The van der Waals surface area contributed by atoms with Crippen LogP contribution in [0.15, 0.2) is 0 Å². The molecule has 0 spiro atoms. The van der Waals surface area contributed by atoms with E-state index in [0.717, 1.165) is 12.3 Å². The fourth-order valence-electron chi connectivity index (χ4n) is 2.43. The lowest BCUT2D eigenvalue weighted by atomic mass is 9.99. The lowest BCUT2D eigenvalue weighted by Gasteiger charge is -2.21. The van der Waals surface area contributed by atoms with Gasteiger partial charge in [-0.3, -0.25) is 0 Å². The van der Waals surface area contributed by atoms with Crippen LogP contribution in [0, 0.1) is 5.92 Å². The van der Waals surface area contributed by atoms with E-state index in [2.05, 4.69) is 12.2 Å². The van der Waals surface area contributed by atoms with Crippen LogP contribution < -0.4 is 5.32 Å². The number of hydrogen-bond donors (Lipinski definition) is 2. The van der Waals surface area contributed by atoms with E-state index in [-0.39, 0.29) is 18.7 Å². The molecule has 1 aliphatic rings. The Labute approximate surface area is 104 Å². The molecule has 1 rings (SSSR count). The third-order valence-electron chi connectivity index (χ3n) is 3.63. The van der Waals surface area contributed by atoms with E-state index in [9.17, 15) is 4.79 Å². The molecule has 0 heterocycles. The average molecular weight is 242 g/mol. The molecule has 2 amide bonds. The molecule has 0 aromatic carbocycles. The number of carbonyl (C=O) groups excluding carboxylic acids is 1. The molecular weight excluding hydrogens is 216 g/mol. The maximum atomic E-state index is 11.6. The van der Waals surface area contributed by atoms with Crippen molar-refractivity contribution in [2.75, 3.05) is 20.2 Å². The minimum absolute atomic E-state index is 0.0143. The molecule has 1 fully saturated rings. The number of urea groups is 1. The first-order valence-corrected chi connectivity index (χ1v) is 6.76. The zero-order valence-electron chi connectivity index (χ0n) is 11.1. The van der Waals surface area contributed by atoms with Crippen LogP contribution >= 0.6 is 0 Å². The van der Waals surface area contributed by atoms with Crippen molar-refractivity contribution in [1.29, 1.82) is 0 Å². The van der Waals surface area contributed by atoms with Gasteiger partial charge in [-0.15, -0.1) is 0 Å². The van der Waals surface area contributed by atoms with Gasteiger partial charge in [0, 0.05) is 19.6 Å². The summed E-state index contributed by atoms with van der Waals surface area (Å²) in [5, 5.41) is 11.7. The number of rotatable bonds is 6. The van der Waals surface area contributed by atoms with Crippen molar-refractivity contribution in [3.63, 3.8) is 0 Å². The van der Waals surface area contributed by atoms with Crippen molar-refractivity contribution in [2.45, 2.75) is 51.5 Å². The first kappa shape index (κ1) is 14.3. The minimum Gasteiger partial charge on any atom is -0.395 e. The summed E-state index contributed by atoms with van der Waals surface area (Å²) < 4.78 is 0. The quantitative estimate of drug-likeness (QED) is 0.748. The van der Waals surface area contributed by atoms with Gasteiger partial charge in [-0.2, -0.15) is 0 Å². The van der Waals surface area contributed by atoms with Gasteiger partial charge >= 0.3 is 6.03 Å². The lowest BCUT2D eigenvalue weighted by molar-refractivity contribution is 0.187. The number of nitrogens with zero attached hydrogens (tertiary/aromatic N) is 1. The van der Waals surface area contributed by atoms with Crippen LogP contribution in [0.4, 0.5) is 4.79 Å². The summed E-state index contributed by atoms with van der Waals surface area (Å²) in [5.41, 5.74) is 0. The van der Waals surface area contributed by atoms with Crippen LogP contribution in [0.3, 0.4) is 0 Å². The summed E-state index contributed by atoms with van der Waals surface area (Å²) in [6.45, 7) is 2.46. The molecule has 1 unspecified atom stereocenters. The summed E-state index contributed by atoms with van der Waals surface area (Å²) in [4.78, 5) is 13.2. The van der Waals surface area contributed by atoms with Crippen molar-refractivity contribution < 1.29 is 9.90 Å². The van der Waals surface area contributed by atoms with E-state index in [1.807, 2.05) is 0 Å². The van der Waals surface area contributed by atoms with Gasteiger partial charge in [-0.25, -0.2) is 4.79 Å². The largest absolute Gasteiger partial charge is 0.395 e. The number of nitrogens with one attached hydrogen (secondary N) is 1. The van der Waals surface area contributed by atoms with Gasteiger partial charge in [0.1, 0.15) is 0 Å². The van der Waals surface area contributed by atoms with Crippen LogP contribution in [0.2, 0.25) is 0 Å². The smallest absolute Gasteiger partial charge is 0.317 e. The summed E-state index contributed by atoms with van der Waals surface area (Å²) in [7, 11) is 1.70. The monoisotopic (exact) mass is 242 g/mol. The second-order valence-electron chi connectivity index (χ2n) is 5.22. The number of aliphatic hydroxyl groups is 1. The maximum absolute atomic E-state index is 11.6. The third-order valence-corrected chi connectivity index (χ3v) is 3.63. The standard InChI is InChI=1S/C13H26N2O2/c1-11(7-8-12-5-3-4-6-12)14-13(17)15(2)9-10-16/h11-12,16H,3-10H2,1-2H3,(H,14,17). The summed E-state index contributed by atoms with van der Waals surface area (Å²) in [6.07, 6.45) is 7.78. The van der Waals surface area contributed by atoms with E-state index in [0.29, 0.717) is 6.54 Å². The zero-order valence-corrected chi connectivity index (χ0v) is 11.1. The molecule has 0 saturated heterocycles. The normalized spacial score (nSPS) is 18.1. The number of carbonyl (C=O) groups is 1. The van der Waals surface area contributed by atoms with Crippen molar-refractivity contribution in [3.05, 3.63) is 0 Å². The number of hydrogen-bond acceptors (Lipinski definition) is 2. The Morgan fingerprint density at radius 3 is 2.71 bits per heavy atom. The predicted octanol–water partition coefficient (Wildman–Crippen LogP) is 1.98. The van der Waals surface area contributed by atoms with Crippen molar-refractivity contribution in [1.82, 2.24) is 10.2 Å². The number of likely N-dealkylation sites (N-methyl/N-ethyl adjacent to an activating group) is 1. The molecule has 4 heteroatoms. The van der Waals surface area contributed by atoms with Gasteiger partial charge in [-0.05, 0) is 25.7 Å². The highest BCUT2D eigenvalue weighted by Crippen LogP contribution is 2.28. The van der Waals surface area contributed by atoms with Crippen molar-refractivity contribution in [3.8, 4) is 0 Å². The van der Waals surface area contributed by atoms with Crippen molar-refractivity contribution in [2.24, 2.45) is 5.92 Å². The zero-order chi connectivity index (χ0) is 12.7. The van der Waals surface area contributed by atoms with Gasteiger partial charge in [-0.1, -0.05) is 25.7 Å². The molecule has 2 N–H and O–H groups in total. The average Bonchev–Trinajstić information content (AvgIpc) is 2.79. The molecule has 0 aliphatic heterocycles. The Morgan fingerprint density at radius 2 is 2.12 bits per heavy atom. The van der Waals surface area contributed by atoms with Gasteiger partial charge < -0.3 is 15.3 Å². The Balaban J connectivity index is 2.14. The van der Waals surface area contributed by atoms with Crippen LogP contribution in [-0.2, 0) is 0 Å². The molecular formula is C13H26N2O2. The van der Waals surface area contributed by atoms with Gasteiger partial charge in [0.05, 0.1) is 6.61 Å². The molecule has 4 nitrogen and oxygen atoms in total. The van der Waals surface area contributed by atoms with Crippen LogP contribution in [0.25, 0.3) is 0 Å². The number of aliphatic hydroxyl groups excluding tert-OH is 1. The van der Waals surface area contributed by atoms with Gasteiger partial charge in [0.2, 0.25) is 0 Å². The predicted molar refractivity (Wildman–Crippen MR) is 68.9 cm³/mol. The highest BCUT2D eigenvalue weighted by atomic mass is 16.3. The summed E-state index contributed by atoms with van der Waals surface area (Å²) >= 11 is 0. The SMILES string of the molecule is CC(CCC1CCCC1)NC(=O)N(C)CCO. The Bertz CT molecular complexity index is 227.